The molecule has 0 aromatic heterocycles. The molecule has 28 heavy (non-hydrogen) atoms. The molecule has 11 heteroatoms. The number of hydrogen-bond acceptors (Lipinski definition) is 8. The molecule has 0 N–H and O–H groups in total. The number of halogens is 3. The van der Waals surface area contributed by atoms with Gasteiger partial charge in [-0.2, -0.15) is 4.39 Å². The highest BCUT2D eigenvalue weighted by Gasteiger charge is 2.43. The predicted molar refractivity (Wildman–Crippen MR) is 85.3 cm³/mol. The molecule has 1 aromatic carbocycles. The third-order valence-electron chi connectivity index (χ3n) is 3.43. The number of carbonyl (C=O) groups excluding carboxylic acids is 4. The van der Waals surface area contributed by atoms with Crippen LogP contribution in [0.25, 0.3) is 0 Å². The van der Waals surface area contributed by atoms with Gasteiger partial charge in [-0.25, -0.2) is 13.6 Å². The summed E-state index contributed by atoms with van der Waals surface area (Å²) in [5.41, 5.74) is -2.85. The van der Waals surface area contributed by atoms with Crippen LogP contribution in [-0.4, -0.2) is 51.1 Å². The van der Waals surface area contributed by atoms with E-state index in [1.165, 1.54) is 13.8 Å². The molecule has 0 aliphatic rings. The maximum Gasteiger partial charge on any atom is 0.341 e. The van der Waals surface area contributed by atoms with Gasteiger partial charge < -0.3 is 18.9 Å². The Kier molecular flexibility index (Phi) is 7.96. The standard InChI is InChI=1S/C17H17F3O8/c1-5-27-16(23)9(17(24)28-6-2)13(21)7-8(15(22)26-4)10(18)12(20)14(25-3)11(7)19/h9H,5-6H2,1-4H3. The van der Waals surface area contributed by atoms with Crippen LogP contribution in [0.3, 0.4) is 0 Å². The van der Waals surface area contributed by atoms with Gasteiger partial charge in [-0.05, 0) is 13.8 Å². The fourth-order valence-electron chi connectivity index (χ4n) is 2.25. The Bertz CT molecular complexity index is 788. The number of ketones is 1. The Hall–Kier alpha value is -3.11. The smallest absolute Gasteiger partial charge is 0.341 e. The SMILES string of the molecule is CCOC(=O)C(C(=O)OCC)C(=O)c1c(F)c(OC)c(F)c(F)c1C(=O)OC. The zero-order chi connectivity index (χ0) is 21.6. The second-order valence-corrected chi connectivity index (χ2v) is 5.02. The molecule has 0 radical (unpaired) electrons. The molecule has 154 valence electrons. The summed E-state index contributed by atoms with van der Waals surface area (Å²) in [6.07, 6.45) is 0. The van der Waals surface area contributed by atoms with E-state index in [4.69, 9.17) is 0 Å². The van der Waals surface area contributed by atoms with Crippen molar-refractivity contribution in [3.63, 3.8) is 0 Å². The van der Waals surface area contributed by atoms with Crippen molar-refractivity contribution in [3.8, 4) is 5.75 Å². The number of methoxy groups -OCH3 is 2. The highest BCUT2D eigenvalue weighted by molar-refractivity contribution is 6.23. The molecule has 0 saturated heterocycles. The van der Waals surface area contributed by atoms with E-state index in [0.717, 1.165) is 14.2 Å². The molecular formula is C17H17F3O8. The monoisotopic (exact) mass is 406 g/mol. The molecule has 0 amide bonds. The Morgan fingerprint density at radius 3 is 1.71 bits per heavy atom. The van der Waals surface area contributed by atoms with E-state index >= 15 is 0 Å². The van der Waals surface area contributed by atoms with E-state index in [-0.39, 0.29) is 13.2 Å². The summed E-state index contributed by atoms with van der Waals surface area (Å²) in [5.74, 6) is -15.5. The van der Waals surface area contributed by atoms with Crippen molar-refractivity contribution in [3.05, 3.63) is 28.6 Å². The summed E-state index contributed by atoms with van der Waals surface area (Å²) < 4.78 is 60.9. The molecule has 0 aliphatic carbocycles. The van der Waals surface area contributed by atoms with Gasteiger partial charge in [0, 0.05) is 0 Å². The van der Waals surface area contributed by atoms with E-state index in [9.17, 15) is 32.3 Å². The molecule has 0 aliphatic heterocycles. The molecule has 8 nitrogen and oxygen atoms in total. The number of esters is 3. The molecule has 1 aromatic rings. The Labute approximate surface area is 157 Å². The third-order valence-corrected chi connectivity index (χ3v) is 3.43. The largest absolute Gasteiger partial charge is 0.491 e. The lowest BCUT2D eigenvalue weighted by molar-refractivity contribution is -0.158. The molecule has 0 fully saturated rings. The number of ether oxygens (including phenoxy) is 4. The summed E-state index contributed by atoms with van der Waals surface area (Å²) in [7, 11) is 1.55. The van der Waals surface area contributed by atoms with Gasteiger partial charge in [-0.1, -0.05) is 0 Å². The minimum atomic E-state index is -2.38. The van der Waals surface area contributed by atoms with Crippen LogP contribution in [0.4, 0.5) is 13.2 Å². The Balaban J connectivity index is 3.80. The molecule has 0 atom stereocenters. The third kappa shape index (κ3) is 4.24. The van der Waals surface area contributed by atoms with Gasteiger partial charge in [0.2, 0.25) is 11.7 Å². The van der Waals surface area contributed by atoms with Crippen molar-refractivity contribution in [2.45, 2.75) is 13.8 Å². The topological polar surface area (TPSA) is 105 Å². The highest BCUT2D eigenvalue weighted by Crippen LogP contribution is 2.33. The maximum atomic E-state index is 14.7. The Morgan fingerprint density at radius 1 is 0.821 bits per heavy atom. The number of benzene rings is 1. The first kappa shape index (κ1) is 22.9. The van der Waals surface area contributed by atoms with Crippen molar-refractivity contribution in [1.29, 1.82) is 0 Å². The summed E-state index contributed by atoms with van der Waals surface area (Å²) in [5, 5.41) is 0. The van der Waals surface area contributed by atoms with Crippen LogP contribution in [0.5, 0.6) is 5.75 Å². The molecule has 0 heterocycles. The molecule has 0 saturated carbocycles. The van der Waals surface area contributed by atoms with Crippen LogP contribution in [0.1, 0.15) is 34.6 Å². The molecule has 0 bridgehead atoms. The number of Topliss-reactive ketones (excluding diaryl/α,β-unsaturated/α-hetero) is 1. The fourth-order valence-corrected chi connectivity index (χ4v) is 2.25. The van der Waals surface area contributed by atoms with Crippen LogP contribution < -0.4 is 4.74 Å². The zero-order valence-corrected chi connectivity index (χ0v) is 15.4. The van der Waals surface area contributed by atoms with Gasteiger partial charge in [0.25, 0.3) is 0 Å². The lowest BCUT2D eigenvalue weighted by Crippen LogP contribution is -2.36. The van der Waals surface area contributed by atoms with Crippen LogP contribution >= 0.6 is 0 Å². The summed E-state index contributed by atoms with van der Waals surface area (Å²) >= 11 is 0. The van der Waals surface area contributed by atoms with Crippen molar-refractivity contribution in [2.24, 2.45) is 5.92 Å². The lowest BCUT2D eigenvalue weighted by atomic mass is 9.92. The normalized spacial score (nSPS) is 10.4. The minimum Gasteiger partial charge on any atom is -0.491 e. The first-order valence-corrected chi connectivity index (χ1v) is 7.87. The minimum absolute atomic E-state index is 0.255. The fraction of sp³-hybridized carbons (Fsp3) is 0.412. The van der Waals surface area contributed by atoms with Crippen molar-refractivity contribution in [2.75, 3.05) is 27.4 Å². The van der Waals surface area contributed by atoms with E-state index < -0.39 is 63.9 Å². The second-order valence-electron chi connectivity index (χ2n) is 5.02. The van der Waals surface area contributed by atoms with Crippen LogP contribution in [0, 0.1) is 23.4 Å². The van der Waals surface area contributed by atoms with Gasteiger partial charge in [0.1, 0.15) is 5.56 Å². The first-order chi connectivity index (χ1) is 13.2. The van der Waals surface area contributed by atoms with E-state index in [2.05, 4.69) is 18.9 Å². The van der Waals surface area contributed by atoms with Gasteiger partial charge >= 0.3 is 17.9 Å². The maximum absolute atomic E-state index is 14.7. The predicted octanol–water partition coefficient (Wildman–Crippen LogP) is 1.82. The zero-order valence-electron chi connectivity index (χ0n) is 15.4. The van der Waals surface area contributed by atoms with Gasteiger partial charge in [0.15, 0.2) is 23.2 Å². The molecule has 1 rings (SSSR count). The van der Waals surface area contributed by atoms with Crippen molar-refractivity contribution >= 4 is 23.7 Å². The first-order valence-electron chi connectivity index (χ1n) is 7.87. The Morgan fingerprint density at radius 2 is 1.32 bits per heavy atom. The van der Waals surface area contributed by atoms with E-state index in [1.807, 2.05) is 0 Å². The van der Waals surface area contributed by atoms with Crippen molar-refractivity contribution in [1.82, 2.24) is 0 Å². The van der Waals surface area contributed by atoms with Crippen LogP contribution in [0.15, 0.2) is 0 Å². The average Bonchev–Trinajstić information content (AvgIpc) is 2.64. The van der Waals surface area contributed by atoms with Crippen molar-refractivity contribution < 1.29 is 51.3 Å². The quantitative estimate of drug-likeness (QED) is 0.212. The highest BCUT2D eigenvalue weighted by atomic mass is 19.2. The van der Waals surface area contributed by atoms with Gasteiger partial charge in [-0.15, -0.1) is 0 Å². The van der Waals surface area contributed by atoms with Crippen LogP contribution in [-0.2, 0) is 23.8 Å². The molecular weight excluding hydrogens is 389 g/mol. The second kappa shape index (κ2) is 9.72. The number of hydrogen-bond donors (Lipinski definition) is 0. The van der Waals surface area contributed by atoms with Crippen LogP contribution in [0.2, 0.25) is 0 Å². The summed E-state index contributed by atoms with van der Waals surface area (Å²) in [4.78, 5) is 48.8. The van der Waals surface area contributed by atoms with Gasteiger partial charge in [-0.3, -0.25) is 14.4 Å². The number of carbonyl (C=O) groups is 4. The molecule has 0 unspecified atom stereocenters. The summed E-state index contributed by atoms with van der Waals surface area (Å²) in [6, 6.07) is 0. The number of rotatable bonds is 8. The van der Waals surface area contributed by atoms with E-state index in [1.54, 1.807) is 0 Å². The van der Waals surface area contributed by atoms with Gasteiger partial charge in [0.05, 0.1) is 33.0 Å². The lowest BCUT2D eigenvalue weighted by Gasteiger charge is -2.17. The molecule has 0 spiro atoms. The van der Waals surface area contributed by atoms with E-state index in [0.29, 0.717) is 0 Å². The summed E-state index contributed by atoms with van der Waals surface area (Å²) in [6.45, 7) is 2.22. The average molecular weight is 406 g/mol.